The number of carbonyl (C=O) groups excluding carboxylic acids is 1. The van der Waals surface area contributed by atoms with Crippen LogP contribution >= 0.6 is 0 Å². The van der Waals surface area contributed by atoms with Crippen LogP contribution in [0.2, 0.25) is 0 Å². The number of hydrogen-bond acceptors (Lipinski definition) is 6. The second-order valence-corrected chi connectivity index (χ2v) is 8.03. The normalized spacial score (nSPS) is 14.0. The molecule has 0 bridgehead atoms. The average Bonchev–Trinajstić information content (AvgIpc) is 3.17. The van der Waals surface area contributed by atoms with Gasteiger partial charge in [0.25, 0.3) is 5.91 Å². The number of aromatic nitrogens is 4. The van der Waals surface area contributed by atoms with Gasteiger partial charge in [0.2, 0.25) is 0 Å². The van der Waals surface area contributed by atoms with E-state index in [4.69, 9.17) is 4.74 Å². The van der Waals surface area contributed by atoms with Gasteiger partial charge in [0, 0.05) is 43.5 Å². The van der Waals surface area contributed by atoms with Gasteiger partial charge in [0.1, 0.15) is 30.0 Å². The van der Waals surface area contributed by atoms with Crippen LogP contribution in [0.3, 0.4) is 0 Å². The van der Waals surface area contributed by atoms with Crippen molar-refractivity contribution in [1.82, 2.24) is 24.4 Å². The zero-order valence-corrected chi connectivity index (χ0v) is 19.0. The van der Waals surface area contributed by atoms with E-state index in [0.29, 0.717) is 25.3 Å². The van der Waals surface area contributed by atoms with E-state index in [1.165, 1.54) is 0 Å². The third-order valence-electron chi connectivity index (χ3n) is 5.90. The van der Waals surface area contributed by atoms with Gasteiger partial charge in [-0.1, -0.05) is 13.3 Å². The number of hydrogen-bond donors (Lipinski definition) is 0. The lowest BCUT2D eigenvalue weighted by Crippen LogP contribution is -2.49. The number of nitrogens with zero attached hydrogens (tertiary/aromatic N) is 6. The first-order valence-electron chi connectivity index (χ1n) is 11.2. The fourth-order valence-corrected chi connectivity index (χ4v) is 3.72. The largest absolute Gasteiger partial charge is 0.494 e. The molecule has 0 aliphatic carbocycles. The Balaban J connectivity index is 1.36. The molecule has 0 atom stereocenters. The van der Waals surface area contributed by atoms with Crippen LogP contribution in [0.5, 0.6) is 5.75 Å². The van der Waals surface area contributed by atoms with E-state index in [0.717, 1.165) is 54.7 Å². The number of anilines is 1. The summed E-state index contributed by atoms with van der Waals surface area (Å²) >= 11 is 0. The van der Waals surface area contributed by atoms with Crippen LogP contribution in [0.1, 0.15) is 41.5 Å². The molecule has 0 spiro atoms. The van der Waals surface area contributed by atoms with Gasteiger partial charge < -0.3 is 14.5 Å². The van der Waals surface area contributed by atoms with Gasteiger partial charge in [-0.3, -0.25) is 9.36 Å². The van der Waals surface area contributed by atoms with Gasteiger partial charge in [-0.25, -0.2) is 15.0 Å². The zero-order chi connectivity index (χ0) is 22.5. The molecule has 8 nitrogen and oxygen atoms in total. The van der Waals surface area contributed by atoms with Crippen molar-refractivity contribution < 1.29 is 9.53 Å². The smallest absolute Gasteiger partial charge is 0.253 e. The lowest BCUT2D eigenvalue weighted by molar-refractivity contribution is 0.0746. The van der Waals surface area contributed by atoms with Crippen LogP contribution in [0.4, 0.5) is 5.82 Å². The Morgan fingerprint density at radius 1 is 1.00 bits per heavy atom. The highest BCUT2D eigenvalue weighted by Crippen LogP contribution is 2.20. The average molecular weight is 435 g/mol. The fraction of sp³-hybridized carbons (Fsp3) is 0.417. The number of unbranched alkanes of at least 4 members (excludes halogenated alkanes) is 1. The lowest BCUT2D eigenvalue weighted by Gasteiger charge is -2.35. The molecule has 1 aliphatic heterocycles. The molecule has 2 aromatic heterocycles. The Kier molecular flexibility index (Phi) is 6.68. The Morgan fingerprint density at radius 3 is 2.38 bits per heavy atom. The van der Waals surface area contributed by atoms with Crippen LogP contribution in [0.15, 0.2) is 43.0 Å². The minimum absolute atomic E-state index is 0.0534. The van der Waals surface area contributed by atoms with Gasteiger partial charge in [0.05, 0.1) is 12.3 Å². The van der Waals surface area contributed by atoms with Gasteiger partial charge in [-0.15, -0.1) is 0 Å². The van der Waals surface area contributed by atoms with Crippen molar-refractivity contribution in [3.63, 3.8) is 0 Å². The molecule has 4 rings (SSSR count). The van der Waals surface area contributed by atoms with E-state index >= 15 is 0 Å². The van der Waals surface area contributed by atoms with E-state index in [1.807, 2.05) is 53.6 Å². The van der Waals surface area contributed by atoms with E-state index in [1.54, 1.807) is 12.7 Å². The summed E-state index contributed by atoms with van der Waals surface area (Å²) < 4.78 is 7.66. The van der Waals surface area contributed by atoms with Gasteiger partial charge in [0.15, 0.2) is 0 Å². The summed E-state index contributed by atoms with van der Waals surface area (Å²) in [5.74, 6) is 2.52. The van der Waals surface area contributed by atoms with Crippen LogP contribution in [-0.2, 0) is 0 Å². The minimum atomic E-state index is 0.0534. The Bertz CT molecular complexity index is 1050. The highest BCUT2D eigenvalue weighted by Gasteiger charge is 2.23. The van der Waals surface area contributed by atoms with Crippen molar-refractivity contribution in [2.45, 2.75) is 33.6 Å². The molecule has 0 radical (unpaired) electrons. The molecule has 8 heteroatoms. The number of ether oxygens (including phenoxy) is 1. The monoisotopic (exact) mass is 434 g/mol. The maximum atomic E-state index is 12.9. The molecule has 1 amide bonds. The summed E-state index contributed by atoms with van der Waals surface area (Å²) in [6.45, 7) is 9.60. The van der Waals surface area contributed by atoms with E-state index in [2.05, 4.69) is 26.8 Å². The number of imidazole rings is 1. The summed E-state index contributed by atoms with van der Waals surface area (Å²) in [6.07, 6.45) is 5.50. The molecule has 168 valence electrons. The first-order valence-corrected chi connectivity index (χ1v) is 11.2. The first kappa shape index (κ1) is 21.8. The quantitative estimate of drug-likeness (QED) is 0.531. The number of amides is 1. The van der Waals surface area contributed by atoms with E-state index in [9.17, 15) is 4.79 Å². The first-order chi connectivity index (χ1) is 15.6. The van der Waals surface area contributed by atoms with Crippen LogP contribution in [0, 0.1) is 13.8 Å². The summed E-state index contributed by atoms with van der Waals surface area (Å²) in [6, 6.07) is 9.43. The van der Waals surface area contributed by atoms with E-state index in [-0.39, 0.29) is 5.91 Å². The molecule has 1 saturated heterocycles. The Labute approximate surface area is 188 Å². The van der Waals surface area contributed by atoms with E-state index < -0.39 is 0 Å². The minimum Gasteiger partial charge on any atom is -0.494 e. The zero-order valence-electron chi connectivity index (χ0n) is 19.0. The Morgan fingerprint density at radius 2 is 1.72 bits per heavy atom. The number of benzene rings is 1. The summed E-state index contributed by atoms with van der Waals surface area (Å²) in [7, 11) is 0. The molecule has 0 saturated carbocycles. The second-order valence-electron chi connectivity index (χ2n) is 8.03. The molecule has 32 heavy (non-hydrogen) atoms. The molecule has 3 aromatic rings. The molecule has 3 heterocycles. The highest BCUT2D eigenvalue weighted by molar-refractivity contribution is 5.94. The SMILES string of the molecule is CCCCOc1ccc(C(=O)N2CCN(c3cc(-n4cnc(C)c4C)ncn3)CC2)cc1. The van der Waals surface area contributed by atoms with Gasteiger partial charge in [-0.2, -0.15) is 0 Å². The number of piperazine rings is 1. The maximum Gasteiger partial charge on any atom is 0.253 e. The highest BCUT2D eigenvalue weighted by atomic mass is 16.5. The molecule has 1 aliphatic rings. The van der Waals surface area contributed by atoms with Crippen molar-refractivity contribution in [3.05, 3.63) is 59.9 Å². The number of aryl methyl sites for hydroxylation is 1. The van der Waals surface area contributed by atoms with Crippen LogP contribution < -0.4 is 9.64 Å². The number of carbonyl (C=O) groups is 1. The Hall–Kier alpha value is -3.42. The third-order valence-corrected chi connectivity index (χ3v) is 5.90. The predicted octanol–water partition coefficient (Wildman–Crippen LogP) is 3.42. The van der Waals surface area contributed by atoms with Crippen molar-refractivity contribution in [2.24, 2.45) is 0 Å². The topological polar surface area (TPSA) is 76.4 Å². The molecule has 1 fully saturated rings. The molecule has 0 N–H and O–H groups in total. The molecule has 1 aromatic carbocycles. The van der Waals surface area contributed by atoms with Crippen LogP contribution in [0.25, 0.3) is 5.82 Å². The molecule has 0 unspecified atom stereocenters. The summed E-state index contributed by atoms with van der Waals surface area (Å²) in [5.41, 5.74) is 2.74. The second kappa shape index (κ2) is 9.80. The third kappa shape index (κ3) is 4.74. The molecular formula is C24H30N6O2. The lowest BCUT2D eigenvalue weighted by atomic mass is 10.1. The van der Waals surface area contributed by atoms with Crippen molar-refractivity contribution in [3.8, 4) is 11.6 Å². The predicted molar refractivity (Wildman–Crippen MR) is 124 cm³/mol. The van der Waals surface area contributed by atoms with Gasteiger partial charge >= 0.3 is 0 Å². The molecular weight excluding hydrogens is 404 g/mol. The standard InChI is InChI=1S/C24H30N6O2/c1-4-5-14-32-21-8-6-20(7-9-21)24(31)29-12-10-28(11-13-29)22-15-23(26-16-25-22)30-17-27-18(2)19(30)3/h6-9,15-17H,4-5,10-14H2,1-3H3. The number of rotatable bonds is 7. The van der Waals surface area contributed by atoms with Crippen molar-refractivity contribution in [1.29, 1.82) is 0 Å². The summed E-state index contributed by atoms with van der Waals surface area (Å²) in [4.78, 5) is 30.2. The summed E-state index contributed by atoms with van der Waals surface area (Å²) in [5, 5.41) is 0. The maximum absolute atomic E-state index is 12.9. The van der Waals surface area contributed by atoms with Crippen molar-refractivity contribution in [2.75, 3.05) is 37.7 Å². The fourth-order valence-electron chi connectivity index (χ4n) is 3.72. The van der Waals surface area contributed by atoms with Crippen LogP contribution in [-0.4, -0.2) is 63.1 Å². The van der Waals surface area contributed by atoms with Gasteiger partial charge in [-0.05, 0) is 44.5 Å². The van der Waals surface area contributed by atoms with Crippen molar-refractivity contribution >= 4 is 11.7 Å².